The molecule has 0 saturated heterocycles. The molecule has 0 fully saturated rings. The molecule has 0 aliphatic heterocycles. The van der Waals surface area contributed by atoms with Gasteiger partial charge in [-0.05, 0) is 42.8 Å². The lowest BCUT2D eigenvalue weighted by molar-refractivity contribution is 0.295. The lowest BCUT2D eigenvalue weighted by Gasteiger charge is -2.14. The van der Waals surface area contributed by atoms with Crippen LogP contribution in [0.5, 0.6) is 0 Å². The molecule has 0 heterocycles. The highest BCUT2D eigenvalue weighted by Crippen LogP contribution is 2.27. The van der Waals surface area contributed by atoms with Crippen molar-refractivity contribution < 1.29 is 5.21 Å². The molecule has 0 amide bonds. The minimum Gasteiger partial charge on any atom is -0.286 e. The maximum Gasteiger partial charge on any atom is 0.0702 e. The van der Waals surface area contributed by atoms with E-state index >= 15 is 0 Å². The maximum absolute atomic E-state index is 10.0. The van der Waals surface area contributed by atoms with Crippen LogP contribution in [0.1, 0.15) is 6.92 Å². The van der Waals surface area contributed by atoms with Crippen molar-refractivity contribution in [1.82, 2.24) is 0 Å². The fraction of sp³-hybridized carbons (Fsp3) is 0.133. The standard InChI is InChI=1S/C15H14Cl2N2O/c1-2-18-12-5-3-11(4-6-12)10-19(20)13-7-8-14(16)15(17)9-13/h3-10,20H,2H2,1H3. The number of rotatable bonds is 3. The van der Waals surface area contributed by atoms with E-state index < -0.39 is 0 Å². The third kappa shape index (κ3) is 3.73. The number of anilines is 1. The van der Waals surface area contributed by atoms with Gasteiger partial charge in [-0.2, -0.15) is 0 Å². The van der Waals surface area contributed by atoms with Gasteiger partial charge in [-0.25, -0.2) is 5.06 Å². The van der Waals surface area contributed by atoms with Crippen LogP contribution in [-0.4, -0.2) is 17.5 Å². The third-order valence-electron chi connectivity index (χ3n) is 2.67. The Kier molecular flexibility index (Phi) is 5.01. The van der Waals surface area contributed by atoms with Gasteiger partial charge in [-0.3, -0.25) is 10.2 Å². The molecule has 3 nitrogen and oxygen atoms in total. The number of hydroxylamine groups is 1. The second-order valence-corrected chi connectivity index (χ2v) is 4.95. The Labute approximate surface area is 128 Å². The summed E-state index contributed by atoms with van der Waals surface area (Å²) in [6.45, 7) is 2.73. The maximum atomic E-state index is 10.0. The molecule has 1 aliphatic carbocycles. The van der Waals surface area contributed by atoms with Crippen molar-refractivity contribution in [3.8, 4) is 0 Å². The minimum atomic E-state index is 0.397. The van der Waals surface area contributed by atoms with Gasteiger partial charge in [0.2, 0.25) is 0 Å². The Morgan fingerprint density at radius 3 is 2.45 bits per heavy atom. The molecule has 0 aromatic heterocycles. The number of hydrogen-bond donors (Lipinski definition) is 1. The lowest BCUT2D eigenvalue weighted by atomic mass is 10.1. The molecule has 1 aromatic rings. The first-order valence-corrected chi connectivity index (χ1v) is 6.91. The lowest BCUT2D eigenvalue weighted by Crippen LogP contribution is -2.10. The van der Waals surface area contributed by atoms with Crippen molar-refractivity contribution in [3.63, 3.8) is 0 Å². The van der Waals surface area contributed by atoms with E-state index in [4.69, 9.17) is 23.2 Å². The molecule has 0 radical (unpaired) electrons. The van der Waals surface area contributed by atoms with Gasteiger partial charge in [0.15, 0.2) is 0 Å². The Morgan fingerprint density at radius 1 is 1.15 bits per heavy atom. The topological polar surface area (TPSA) is 35.8 Å². The summed E-state index contributed by atoms with van der Waals surface area (Å²) in [5.74, 6) is 0. The first-order valence-electron chi connectivity index (χ1n) is 6.15. The Bertz CT molecular complexity index is 600. The van der Waals surface area contributed by atoms with Gasteiger partial charge in [0.25, 0.3) is 0 Å². The molecule has 20 heavy (non-hydrogen) atoms. The van der Waals surface area contributed by atoms with Crippen LogP contribution < -0.4 is 5.06 Å². The molecule has 0 atom stereocenters. The number of benzene rings is 1. The van der Waals surface area contributed by atoms with E-state index in [1.165, 1.54) is 0 Å². The molecular weight excluding hydrogens is 295 g/mol. The van der Waals surface area contributed by atoms with Gasteiger partial charge in [-0.1, -0.05) is 35.4 Å². The highest BCUT2D eigenvalue weighted by molar-refractivity contribution is 6.42. The number of hydrogen-bond acceptors (Lipinski definition) is 3. The minimum absolute atomic E-state index is 0.397. The van der Waals surface area contributed by atoms with Crippen LogP contribution in [0.25, 0.3) is 0 Å². The van der Waals surface area contributed by atoms with Gasteiger partial charge in [0, 0.05) is 12.7 Å². The first kappa shape index (κ1) is 14.9. The van der Waals surface area contributed by atoms with E-state index in [1.54, 1.807) is 24.4 Å². The van der Waals surface area contributed by atoms with Crippen LogP contribution in [0.15, 0.2) is 59.3 Å². The molecule has 1 aliphatic rings. The third-order valence-corrected chi connectivity index (χ3v) is 3.41. The smallest absolute Gasteiger partial charge is 0.0702 e. The van der Waals surface area contributed by atoms with Crippen molar-refractivity contribution in [3.05, 3.63) is 64.3 Å². The highest BCUT2D eigenvalue weighted by atomic mass is 35.5. The average molecular weight is 309 g/mol. The van der Waals surface area contributed by atoms with Crippen molar-refractivity contribution in [2.75, 3.05) is 11.6 Å². The second-order valence-electron chi connectivity index (χ2n) is 4.14. The first-order chi connectivity index (χ1) is 9.60. The van der Waals surface area contributed by atoms with Gasteiger partial charge < -0.3 is 0 Å². The summed E-state index contributed by atoms with van der Waals surface area (Å²) >= 11 is 11.8. The highest BCUT2D eigenvalue weighted by Gasteiger charge is 2.05. The number of allylic oxidation sites excluding steroid dienone is 5. The zero-order valence-corrected chi connectivity index (χ0v) is 12.4. The van der Waals surface area contributed by atoms with E-state index in [1.807, 2.05) is 31.2 Å². The molecule has 0 unspecified atom stereocenters. The average Bonchev–Trinajstić information content (AvgIpc) is 2.44. The van der Waals surface area contributed by atoms with Crippen LogP contribution in [0, 0.1) is 0 Å². The zero-order chi connectivity index (χ0) is 14.5. The van der Waals surface area contributed by atoms with E-state index in [0.717, 1.165) is 22.9 Å². The summed E-state index contributed by atoms with van der Waals surface area (Å²) in [4.78, 5) is 4.28. The Hall–Kier alpha value is -1.55. The molecule has 0 saturated carbocycles. The Balaban J connectivity index is 2.15. The van der Waals surface area contributed by atoms with Crippen molar-refractivity contribution in [2.45, 2.75) is 6.92 Å². The van der Waals surface area contributed by atoms with Crippen molar-refractivity contribution in [2.24, 2.45) is 4.99 Å². The summed E-state index contributed by atoms with van der Waals surface area (Å²) in [5.41, 5.74) is 2.32. The van der Waals surface area contributed by atoms with Gasteiger partial charge in [0.05, 0.1) is 21.4 Å². The second kappa shape index (κ2) is 6.75. The number of nitrogens with zero attached hydrogens (tertiary/aromatic N) is 2. The van der Waals surface area contributed by atoms with Crippen LogP contribution >= 0.6 is 23.2 Å². The molecule has 0 spiro atoms. The molecule has 2 rings (SSSR count). The fourth-order valence-electron chi connectivity index (χ4n) is 1.69. The molecule has 1 N–H and O–H groups in total. The number of aliphatic imine (C=N–C) groups is 1. The van der Waals surface area contributed by atoms with Crippen molar-refractivity contribution >= 4 is 34.6 Å². The van der Waals surface area contributed by atoms with Crippen LogP contribution in [0.2, 0.25) is 10.0 Å². The predicted octanol–water partition coefficient (Wildman–Crippen LogP) is 4.66. The van der Waals surface area contributed by atoms with Gasteiger partial charge in [-0.15, -0.1) is 0 Å². The van der Waals surface area contributed by atoms with E-state index in [0.29, 0.717) is 15.7 Å². The molecule has 5 heteroatoms. The monoisotopic (exact) mass is 308 g/mol. The molecule has 104 valence electrons. The summed E-state index contributed by atoms with van der Waals surface area (Å²) < 4.78 is 0. The van der Waals surface area contributed by atoms with Crippen LogP contribution in [0.3, 0.4) is 0 Å². The summed E-state index contributed by atoms with van der Waals surface area (Å²) in [7, 11) is 0. The van der Waals surface area contributed by atoms with E-state index in [9.17, 15) is 5.21 Å². The van der Waals surface area contributed by atoms with Gasteiger partial charge in [0.1, 0.15) is 0 Å². The zero-order valence-electron chi connectivity index (χ0n) is 10.9. The largest absolute Gasteiger partial charge is 0.286 e. The number of halogens is 2. The normalized spacial score (nSPS) is 13.6. The van der Waals surface area contributed by atoms with E-state index in [-0.39, 0.29) is 0 Å². The molecule has 1 aromatic carbocycles. The Morgan fingerprint density at radius 2 is 1.85 bits per heavy atom. The summed E-state index contributed by atoms with van der Waals surface area (Å²) in [6, 6.07) is 4.92. The fourth-order valence-corrected chi connectivity index (χ4v) is 1.98. The van der Waals surface area contributed by atoms with Crippen LogP contribution in [0.4, 0.5) is 5.69 Å². The van der Waals surface area contributed by atoms with Crippen molar-refractivity contribution in [1.29, 1.82) is 0 Å². The molecule has 0 bridgehead atoms. The molecular formula is C15H14Cl2N2O. The SMILES string of the molecule is CCN=C1C=CC(=CN(O)c2ccc(Cl)c(Cl)c2)C=C1. The van der Waals surface area contributed by atoms with Crippen LogP contribution in [-0.2, 0) is 0 Å². The van der Waals surface area contributed by atoms with E-state index in [2.05, 4.69) is 4.99 Å². The summed E-state index contributed by atoms with van der Waals surface area (Å²) in [5, 5.41) is 11.9. The summed E-state index contributed by atoms with van der Waals surface area (Å²) in [6.07, 6.45) is 9.16. The van der Waals surface area contributed by atoms with Gasteiger partial charge >= 0.3 is 0 Å². The quantitative estimate of drug-likeness (QED) is 0.824. The predicted molar refractivity (Wildman–Crippen MR) is 85.1 cm³/mol.